The van der Waals surface area contributed by atoms with Gasteiger partial charge in [-0.25, -0.2) is 0 Å². The molecule has 0 bridgehead atoms. The van der Waals surface area contributed by atoms with Crippen molar-refractivity contribution in [3.05, 3.63) is 52.9 Å². The largest absolute Gasteiger partial charge is 0.468 e. The van der Waals surface area contributed by atoms with Crippen LogP contribution < -0.4 is 10.6 Å². The van der Waals surface area contributed by atoms with Crippen LogP contribution in [0.15, 0.2) is 41.0 Å². The summed E-state index contributed by atoms with van der Waals surface area (Å²) in [6, 6.07) is 8.51. The average Bonchev–Trinajstić information content (AvgIpc) is 3.04. The fourth-order valence-electron chi connectivity index (χ4n) is 2.15. The van der Waals surface area contributed by atoms with E-state index in [0.717, 1.165) is 5.56 Å². The number of nitrogens with zero attached hydrogens (tertiary/aromatic N) is 1. The predicted molar refractivity (Wildman–Crippen MR) is 93.0 cm³/mol. The van der Waals surface area contributed by atoms with Gasteiger partial charge < -0.3 is 15.1 Å². The zero-order chi connectivity index (χ0) is 17.7. The van der Waals surface area contributed by atoms with E-state index in [1.165, 1.54) is 0 Å². The van der Waals surface area contributed by atoms with Crippen LogP contribution in [0, 0.1) is 6.92 Å². The monoisotopic (exact) mass is 349 g/mol. The van der Waals surface area contributed by atoms with E-state index in [1.807, 2.05) is 32.0 Å². The first-order valence-electron chi connectivity index (χ1n) is 7.43. The molecule has 128 valence electrons. The first kappa shape index (κ1) is 18.0. The number of likely N-dealkylation sites (N-methyl/N-ethyl adjacent to an activating group) is 1. The molecular weight excluding hydrogens is 330 g/mol. The second kappa shape index (κ2) is 7.99. The Morgan fingerprint density at radius 2 is 2.00 bits per heavy atom. The Hall–Kier alpha value is -2.31. The molecule has 2 rings (SSSR count). The Kier molecular flexibility index (Phi) is 6.00. The SMILES string of the molecule is Cc1ccc(NC(=O)C(=O)NCC(c2ccco2)N(C)C)cc1Cl. The number of nitrogens with one attached hydrogen (secondary N) is 2. The van der Waals surface area contributed by atoms with E-state index in [4.69, 9.17) is 16.0 Å². The lowest BCUT2D eigenvalue weighted by Gasteiger charge is -2.22. The van der Waals surface area contributed by atoms with Gasteiger partial charge in [-0.05, 0) is 50.8 Å². The van der Waals surface area contributed by atoms with Gasteiger partial charge in [0.2, 0.25) is 0 Å². The summed E-state index contributed by atoms with van der Waals surface area (Å²) < 4.78 is 5.36. The molecule has 0 saturated heterocycles. The first-order chi connectivity index (χ1) is 11.4. The van der Waals surface area contributed by atoms with Gasteiger partial charge in [0.25, 0.3) is 0 Å². The summed E-state index contributed by atoms with van der Waals surface area (Å²) in [6.45, 7) is 2.11. The standard InChI is InChI=1S/C17H20ClN3O3/c1-11-6-7-12(9-13(11)18)20-17(23)16(22)19-10-14(21(2)3)15-5-4-8-24-15/h4-9,14H,10H2,1-3H3,(H,19,22)(H,20,23). The lowest BCUT2D eigenvalue weighted by atomic mass is 10.2. The molecule has 24 heavy (non-hydrogen) atoms. The highest BCUT2D eigenvalue weighted by atomic mass is 35.5. The van der Waals surface area contributed by atoms with Crippen LogP contribution in [-0.2, 0) is 9.59 Å². The summed E-state index contributed by atoms with van der Waals surface area (Å²) in [5.41, 5.74) is 1.37. The minimum absolute atomic E-state index is 0.162. The normalized spacial score (nSPS) is 12.0. The third-order valence-electron chi connectivity index (χ3n) is 3.59. The topological polar surface area (TPSA) is 74.6 Å². The molecule has 0 aliphatic heterocycles. The van der Waals surface area contributed by atoms with Crippen molar-refractivity contribution in [2.24, 2.45) is 0 Å². The van der Waals surface area contributed by atoms with Crippen molar-refractivity contribution in [1.29, 1.82) is 0 Å². The quantitative estimate of drug-likeness (QED) is 0.814. The third-order valence-corrected chi connectivity index (χ3v) is 3.99. The average molecular weight is 350 g/mol. The maximum Gasteiger partial charge on any atom is 0.313 e. The summed E-state index contributed by atoms with van der Waals surface area (Å²) >= 11 is 6.00. The van der Waals surface area contributed by atoms with Crippen molar-refractivity contribution in [1.82, 2.24) is 10.2 Å². The van der Waals surface area contributed by atoms with Crippen LogP contribution >= 0.6 is 11.6 Å². The molecule has 2 amide bonds. The van der Waals surface area contributed by atoms with E-state index in [9.17, 15) is 9.59 Å². The van der Waals surface area contributed by atoms with Gasteiger partial charge in [-0.3, -0.25) is 14.5 Å². The van der Waals surface area contributed by atoms with Crippen LogP contribution in [0.2, 0.25) is 5.02 Å². The van der Waals surface area contributed by atoms with E-state index < -0.39 is 11.8 Å². The first-order valence-corrected chi connectivity index (χ1v) is 7.81. The Labute approximate surface area is 145 Å². The summed E-state index contributed by atoms with van der Waals surface area (Å²) in [7, 11) is 3.74. The number of carbonyl (C=O) groups is 2. The predicted octanol–water partition coefficient (Wildman–Crippen LogP) is 2.60. The van der Waals surface area contributed by atoms with Gasteiger partial charge in [0.1, 0.15) is 5.76 Å². The summed E-state index contributed by atoms with van der Waals surface area (Å²) in [6.07, 6.45) is 1.57. The second-order valence-corrected chi connectivity index (χ2v) is 6.03. The van der Waals surface area contributed by atoms with Gasteiger partial charge in [-0.15, -0.1) is 0 Å². The van der Waals surface area contributed by atoms with Gasteiger partial charge in [-0.2, -0.15) is 0 Å². The van der Waals surface area contributed by atoms with Crippen molar-refractivity contribution in [2.75, 3.05) is 26.0 Å². The zero-order valence-corrected chi connectivity index (χ0v) is 14.6. The molecule has 7 heteroatoms. The molecule has 1 unspecified atom stereocenters. The number of carbonyl (C=O) groups excluding carboxylic acids is 2. The van der Waals surface area contributed by atoms with E-state index in [2.05, 4.69) is 10.6 Å². The van der Waals surface area contributed by atoms with Gasteiger partial charge in [0, 0.05) is 17.3 Å². The maximum absolute atomic E-state index is 12.0. The number of furan rings is 1. The van der Waals surface area contributed by atoms with E-state index in [1.54, 1.807) is 30.5 Å². The smallest absolute Gasteiger partial charge is 0.313 e. The van der Waals surface area contributed by atoms with Crippen LogP contribution in [0.4, 0.5) is 5.69 Å². The molecule has 1 aromatic heterocycles. The van der Waals surface area contributed by atoms with Crippen molar-refractivity contribution >= 4 is 29.1 Å². The third kappa shape index (κ3) is 4.59. The number of anilines is 1. The lowest BCUT2D eigenvalue weighted by molar-refractivity contribution is -0.136. The summed E-state index contributed by atoms with van der Waals surface area (Å²) in [4.78, 5) is 25.9. The van der Waals surface area contributed by atoms with Gasteiger partial charge >= 0.3 is 11.8 Å². The fourth-order valence-corrected chi connectivity index (χ4v) is 2.33. The molecule has 0 aliphatic carbocycles. The van der Waals surface area contributed by atoms with Crippen LogP contribution in [0.1, 0.15) is 17.4 Å². The molecule has 1 heterocycles. The molecule has 2 N–H and O–H groups in total. The number of halogens is 1. The molecule has 0 spiro atoms. The molecule has 2 aromatic rings. The molecule has 1 atom stereocenters. The molecule has 1 aromatic carbocycles. The van der Waals surface area contributed by atoms with Crippen LogP contribution in [-0.4, -0.2) is 37.4 Å². The van der Waals surface area contributed by atoms with E-state index in [-0.39, 0.29) is 12.6 Å². The number of hydrogen-bond donors (Lipinski definition) is 2. The number of benzene rings is 1. The highest BCUT2D eigenvalue weighted by Gasteiger charge is 2.20. The number of hydrogen-bond acceptors (Lipinski definition) is 4. The highest BCUT2D eigenvalue weighted by molar-refractivity contribution is 6.39. The number of amides is 2. The van der Waals surface area contributed by atoms with Crippen molar-refractivity contribution in [3.63, 3.8) is 0 Å². The van der Waals surface area contributed by atoms with E-state index >= 15 is 0 Å². The minimum atomic E-state index is -0.744. The molecule has 0 saturated carbocycles. The number of rotatable bonds is 5. The van der Waals surface area contributed by atoms with Crippen molar-refractivity contribution in [2.45, 2.75) is 13.0 Å². The Morgan fingerprint density at radius 3 is 2.58 bits per heavy atom. The second-order valence-electron chi connectivity index (χ2n) is 5.62. The Morgan fingerprint density at radius 1 is 1.25 bits per heavy atom. The lowest BCUT2D eigenvalue weighted by Crippen LogP contribution is -2.40. The van der Waals surface area contributed by atoms with Gasteiger partial charge in [0.05, 0.1) is 12.3 Å². The molecule has 0 fully saturated rings. The zero-order valence-electron chi connectivity index (χ0n) is 13.8. The minimum Gasteiger partial charge on any atom is -0.468 e. The molecule has 0 aliphatic rings. The Bertz CT molecular complexity index is 714. The number of aryl methyl sites for hydroxylation is 1. The summed E-state index contributed by atoms with van der Waals surface area (Å²) in [5, 5.41) is 5.66. The molecular formula is C17H20ClN3O3. The van der Waals surface area contributed by atoms with Crippen molar-refractivity contribution < 1.29 is 14.0 Å². The maximum atomic E-state index is 12.0. The Balaban J connectivity index is 1.93. The highest BCUT2D eigenvalue weighted by Crippen LogP contribution is 2.20. The van der Waals surface area contributed by atoms with Gasteiger partial charge in [-0.1, -0.05) is 17.7 Å². The van der Waals surface area contributed by atoms with E-state index in [0.29, 0.717) is 16.5 Å². The van der Waals surface area contributed by atoms with Crippen LogP contribution in [0.5, 0.6) is 0 Å². The van der Waals surface area contributed by atoms with Crippen LogP contribution in [0.25, 0.3) is 0 Å². The molecule has 6 nitrogen and oxygen atoms in total. The van der Waals surface area contributed by atoms with Crippen molar-refractivity contribution in [3.8, 4) is 0 Å². The van der Waals surface area contributed by atoms with Gasteiger partial charge in [0.15, 0.2) is 0 Å². The fraction of sp³-hybridized carbons (Fsp3) is 0.294. The molecule has 0 radical (unpaired) electrons. The summed E-state index contributed by atoms with van der Waals surface area (Å²) in [5.74, 6) is -0.747. The van der Waals surface area contributed by atoms with Crippen LogP contribution in [0.3, 0.4) is 0 Å².